The van der Waals surface area contributed by atoms with Crippen molar-refractivity contribution in [2.45, 2.75) is 6.92 Å². The van der Waals surface area contributed by atoms with Crippen molar-refractivity contribution in [3.05, 3.63) is 88.9 Å². The van der Waals surface area contributed by atoms with E-state index in [4.69, 9.17) is 16.1 Å². The van der Waals surface area contributed by atoms with Crippen molar-refractivity contribution < 1.29 is 14.1 Å². The SMILES string of the molecule is Cc1nocc1C(=O)N1CCN(C(=O)c2ccc(Nc3nccc(-c4ccc(Cl)cc4)n3)cc2)CC1. The number of benzene rings is 2. The largest absolute Gasteiger partial charge is 0.364 e. The maximum absolute atomic E-state index is 13.0. The van der Waals surface area contributed by atoms with Crippen molar-refractivity contribution in [3.8, 4) is 11.3 Å². The maximum Gasteiger partial charge on any atom is 0.259 e. The molecule has 0 unspecified atom stereocenters. The van der Waals surface area contributed by atoms with E-state index in [0.717, 1.165) is 16.9 Å². The molecule has 2 aromatic carbocycles. The average Bonchev–Trinajstić information content (AvgIpc) is 3.35. The first-order valence-corrected chi connectivity index (χ1v) is 11.8. The summed E-state index contributed by atoms with van der Waals surface area (Å²) in [6.07, 6.45) is 3.05. The molecule has 1 aliphatic heterocycles. The van der Waals surface area contributed by atoms with Gasteiger partial charge >= 0.3 is 0 Å². The van der Waals surface area contributed by atoms with Crippen molar-refractivity contribution in [3.63, 3.8) is 0 Å². The number of amides is 2. The normalized spacial score (nSPS) is 13.5. The predicted octanol–water partition coefficient (Wildman–Crippen LogP) is 4.44. The van der Waals surface area contributed by atoms with Gasteiger partial charge in [-0.2, -0.15) is 0 Å². The number of aromatic nitrogens is 3. The molecule has 36 heavy (non-hydrogen) atoms. The van der Waals surface area contributed by atoms with E-state index in [2.05, 4.69) is 20.4 Å². The Balaban J connectivity index is 1.19. The Morgan fingerprint density at radius 3 is 2.22 bits per heavy atom. The number of hydrogen-bond donors (Lipinski definition) is 1. The van der Waals surface area contributed by atoms with Gasteiger partial charge < -0.3 is 19.6 Å². The topological polar surface area (TPSA) is 104 Å². The summed E-state index contributed by atoms with van der Waals surface area (Å²) in [5.41, 5.74) is 4.07. The second kappa shape index (κ2) is 10.2. The molecular weight excluding hydrogens is 480 g/mol. The number of carbonyl (C=O) groups is 2. The zero-order valence-electron chi connectivity index (χ0n) is 19.5. The molecule has 2 aromatic heterocycles. The molecule has 1 fully saturated rings. The van der Waals surface area contributed by atoms with Gasteiger partial charge in [0.25, 0.3) is 11.8 Å². The van der Waals surface area contributed by atoms with Crippen LogP contribution in [0, 0.1) is 6.92 Å². The molecule has 0 bridgehead atoms. The van der Waals surface area contributed by atoms with E-state index in [9.17, 15) is 9.59 Å². The molecule has 1 saturated heterocycles. The third-order valence-corrected chi connectivity index (χ3v) is 6.27. The van der Waals surface area contributed by atoms with Crippen molar-refractivity contribution in [1.82, 2.24) is 24.9 Å². The molecule has 10 heteroatoms. The quantitative estimate of drug-likeness (QED) is 0.430. The summed E-state index contributed by atoms with van der Waals surface area (Å²) in [5, 5.41) is 7.61. The lowest BCUT2D eigenvalue weighted by Crippen LogP contribution is -2.50. The Morgan fingerprint density at radius 1 is 0.917 bits per heavy atom. The molecule has 1 aliphatic rings. The second-order valence-electron chi connectivity index (χ2n) is 8.37. The van der Waals surface area contributed by atoms with Gasteiger partial charge in [-0.05, 0) is 49.4 Å². The fourth-order valence-electron chi connectivity index (χ4n) is 3.99. The molecule has 4 aromatic rings. The first-order valence-electron chi connectivity index (χ1n) is 11.4. The van der Waals surface area contributed by atoms with Gasteiger partial charge in [-0.3, -0.25) is 9.59 Å². The molecule has 2 amide bonds. The molecule has 0 spiro atoms. The van der Waals surface area contributed by atoms with Gasteiger partial charge in [0, 0.05) is 54.2 Å². The molecule has 0 atom stereocenters. The lowest BCUT2D eigenvalue weighted by atomic mass is 10.1. The molecule has 182 valence electrons. The molecule has 9 nitrogen and oxygen atoms in total. The number of rotatable bonds is 5. The number of halogens is 1. The Labute approximate surface area is 212 Å². The number of aryl methyl sites for hydroxylation is 1. The number of anilines is 2. The van der Waals surface area contributed by atoms with E-state index in [1.165, 1.54) is 6.26 Å². The monoisotopic (exact) mass is 502 g/mol. The Kier molecular flexibility index (Phi) is 6.64. The van der Waals surface area contributed by atoms with Crippen molar-refractivity contribution in [2.75, 3.05) is 31.5 Å². The average molecular weight is 503 g/mol. The van der Waals surface area contributed by atoms with E-state index < -0.39 is 0 Å². The Hall–Kier alpha value is -4.24. The van der Waals surface area contributed by atoms with Crippen LogP contribution in [-0.4, -0.2) is 62.9 Å². The van der Waals surface area contributed by atoms with Gasteiger partial charge in [-0.1, -0.05) is 28.9 Å². The molecule has 0 saturated carbocycles. The minimum Gasteiger partial charge on any atom is -0.364 e. The molecule has 0 aliphatic carbocycles. The van der Waals surface area contributed by atoms with Gasteiger partial charge in [-0.25, -0.2) is 9.97 Å². The van der Waals surface area contributed by atoms with Crippen LogP contribution >= 0.6 is 11.6 Å². The van der Waals surface area contributed by atoms with Gasteiger partial charge in [0.2, 0.25) is 5.95 Å². The Bertz CT molecular complexity index is 1380. The third kappa shape index (κ3) is 5.06. The van der Waals surface area contributed by atoms with Gasteiger partial charge in [0.1, 0.15) is 11.8 Å². The van der Waals surface area contributed by atoms with Gasteiger partial charge in [0.05, 0.1) is 11.4 Å². The van der Waals surface area contributed by atoms with Crippen LogP contribution in [0.4, 0.5) is 11.6 Å². The zero-order valence-corrected chi connectivity index (χ0v) is 20.3. The van der Waals surface area contributed by atoms with Crippen LogP contribution in [0.1, 0.15) is 26.4 Å². The maximum atomic E-state index is 13.0. The number of carbonyl (C=O) groups excluding carboxylic acids is 2. The summed E-state index contributed by atoms with van der Waals surface area (Å²) in [6.45, 7) is 3.56. The number of nitrogens with one attached hydrogen (secondary N) is 1. The summed E-state index contributed by atoms with van der Waals surface area (Å²) in [6, 6.07) is 16.4. The molecule has 0 radical (unpaired) electrons. The predicted molar refractivity (Wildman–Crippen MR) is 135 cm³/mol. The minimum atomic E-state index is -0.126. The zero-order chi connectivity index (χ0) is 25.1. The van der Waals surface area contributed by atoms with E-state index in [1.807, 2.05) is 42.5 Å². The summed E-state index contributed by atoms with van der Waals surface area (Å²) in [4.78, 5) is 37.9. The van der Waals surface area contributed by atoms with Crippen LogP contribution in [0.25, 0.3) is 11.3 Å². The fourth-order valence-corrected chi connectivity index (χ4v) is 4.11. The molecule has 3 heterocycles. The van der Waals surface area contributed by atoms with Crippen LogP contribution in [0.15, 0.2) is 71.6 Å². The number of nitrogens with zero attached hydrogens (tertiary/aromatic N) is 5. The van der Waals surface area contributed by atoms with E-state index in [-0.39, 0.29) is 11.8 Å². The van der Waals surface area contributed by atoms with Crippen molar-refractivity contribution in [2.24, 2.45) is 0 Å². The summed E-state index contributed by atoms with van der Waals surface area (Å²) in [5.74, 6) is 0.250. The molecular formula is C26H23ClN6O3. The lowest BCUT2D eigenvalue weighted by molar-refractivity contribution is 0.0534. The van der Waals surface area contributed by atoms with Crippen LogP contribution in [0.5, 0.6) is 0 Å². The van der Waals surface area contributed by atoms with Crippen LogP contribution in [-0.2, 0) is 0 Å². The Morgan fingerprint density at radius 2 is 1.58 bits per heavy atom. The van der Waals surface area contributed by atoms with Crippen LogP contribution in [0.2, 0.25) is 5.02 Å². The van der Waals surface area contributed by atoms with Gasteiger partial charge in [-0.15, -0.1) is 0 Å². The summed E-state index contributed by atoms with van der Waals surface area (Å²) in [7, 11) is 0. The smallest absolute Gasteiger partial charge is 0.259 e. The second-order valence-corrected chi connectivity index (χ2v) is 8.81. The summed E-state index contributed by atoms with van der Waals surface area (Å²) < 4.78 is 4.87. The van der Waals surface area contributed by atoms with Gasteiger partial charge in [0.15, 0.2) is 0 Å². The van der Waals surface area contributed by atoms with Crippen molar-refractivity contribution in [1.29, 1.82) is 0 Å². The first-order chi connectivity index (χ1) is 17.5. The van der Waals surface area contributed by atoms with Crippen molar-refractivity contribution >= 4 is 35.1 Å². The minimum absolute atomic E-state index is 0.0733. The highest BCUT2D eigenvalue weighted by Gasteiger charge is 2.27. The lowest BCUT2D eigenvalue weighted by Gasteiger charge is -2.34. The number of hydrogen-bond acceptors (Lipinski definition) is 7. The van der Waals surface area contributed by atoms with E-state index in [0.29, 0.717) is 54.0 Å². The van der Waals surface area contributed by atoms with Crippen LogP contribution < -0.4 is 5.32 Å². The highest BCUT2D eigenvalue weighted by molar-refractivity contribution is 6.30. The first kappa shape index (κ1) is 23.5. The number of piperazine rings is 1. The molecule has 5 rings (SSSR count). The highest BCUT2D eigenvalue weighted by Crippen LogP contribution is 2.22. The third-order valence-electron chi connectivity index (χ3n) is 6.02. The molecule has 1 N–H and O–H groups in total. The summed E-state index contributed by atoms with van der Waals surface area (Å²) >= 11 is 5.97. The van der Waals surface area contributed by atoms with E-state index in [1.54, 1.807) is 35.1 Å². The fraction of sp³-hybridized carbons (Fsp3) is 0.192. The highest BCUT2D eigenvalue weighted by atomic mass is 35.5. The van der Waals surface area contributed by atoms with Crippen LogP contribution in [0.3, 0.4) is 0 Å². The van der Waals surface area contributed by atoms with E-state index >= 15 is 0 Å². The standard InChI is InChI=1S/C26H23ClN6O3/c1-17-22(16-36-31-17)25(35)33-14-12-32(13-15-33)24(34)19-4-8-21(9-5-19)29-26-28-11-10-23(30-26)18-2-6-20(27)7-3-18/h2-11,16H,12-15H2,1H3,(H,28,29,30).